The van der Waals surface area contributed by atoms with Gasteiger partial charge in [-0.05, 0) is 12.1 Å². The molecule has 2 saturated heterocycles. The molecular formula is C22H28N6O4. The molecule has 0 spiro atoms. The molecule has 0 atom stereocenters. The zero-order valence-corrected chi connectivity index (χ0v) is 18.4. The van der Waals surface area contributed by atoms with Crippen LogP contribution in [0.1, 0.15) is 17.3 Å². The molecule has 10 nitrogen and oxygen atoms in total. The summed E-state index contributed by atoms with van der Waals surface area (Å²) in [5.41, 5.74) is 0.626. The number of ether oxygens (including phenoxy) is 1. The number of carbonyl (C=O) groups excluding carboxylic acids is 2. The van der Waals surface area contributed by atoms with Crippen LogP contribution in [0.25, 0.3) is 0 Å². The number of hydrogen-bond donors (Lipinski definition) is 1. The molecule has 2 aliphatic heterocycles. The molecule has 3 heterocycles. The molecule has 0 bridgehead atoms. The average Bonchev–Trinajstić information content (AvgIpc) is 2.83. The van der Waals surface area contributed by atoms with Gasteiger partial charge in [0.05, 0.1) is 12.8 Å². The van der Waals surface area contributed by atoms with E-state index in [1.54, 1.807) is 16.9 Å². The predicted molar refractivity (Wildman–Crippen MR) is 120 cm³/mol. The Hall–Kier alpha value is -3.56. The van der Waals surface area contributed by atoms with E-state index in [-0.39, 0.29) is 17.4 Å². The second-order valence-corrected chi connectivity index (χ2v) is 7.89. The zero-order chi connectivity index (χ0) is 22.7. The molecule has 1 N–H and O–H groups in total. The van der Waals surface area contributed by atoms with Crippen LogP contribution >= 0.6 is 0 Å². The van der Waals surface area contributed by atoms with Gasteiger partial charge in [-0.2, -0.15) is 0 Å². The van der Waals surface area contributed by atoms with Gasteiger partial charge < -0.3 is 24.3 Å². The molecule has 0 aliphatic carbocycles. The monoisotopic (exact) mass is 440 g/mol. The number of H-pyrrole nitrogens is 1. The first-order valence-corrected chi connectivity index (χ1v) is 10.7. The number of hydrogen-bond acceptors (Lipinski definition) is 7. The van der Waals surface area contributed by atoms with Gasteiger partial charge in [0.15, 0.2) is 0 Å². The Kier molecular flexibility index (Phi) is 6.29. The van der Waals surface area contributed by atoms with Crippen molar-refractivity contribution in [3.8, 4) is 5.75 Å². The van der Waals surface area contributed by atoms with E-state index in [0.717, 1.165) is 24.5 Å². The van der Waals surface area contributed by atoms with Crippen LogP contribution in [-0.4, -0.2) is 91.0 Å². The minimum absolute atomic E-state index is 0.00762. The van der Waals surface area contributed by atoms with E-state index in [1.807, 2.05) is 29.2 Å². The van der Waals surface area contributed by atoms with Crippen LogP contribution in [0.4, 0.5) is 11.6 Å². The number of carbonyl (C=O) groups is 2. The highest BCUT2D eigenvalue weighted by molar-refractivity contribution is 5.93. The van der Waals surface area contributed by atoms with Crippen molar-refractivity contribution >= 4 is 23.5 Å². The lowest BCUT2D eigenvalue weighted by molar-refractivity contribution is -0.130. The van der Waals surface area contributed by atoms with Gasteiger partial charge in [-0.1, -0.05) is 12.1 Å². The van der Waals surface area contributed by atoms with Crippen molar-refractivity contribution in [1.29, 1.82) is 0 Å². The van der Waals surface area contributed by atoms with Crippen molar-refractivity contribution < 1.29 is 14.3 Å². The number of para-hydroxylation sites is 2. The van der Waals surface area contributed by atoms with Crippen molar-refractivity contribution in [3.05, 3.63) is 46.4 Å². The van der Waals surface area contributed by atoms with Gasteiger partial charge in [0, 0.05) is 65.5 Å². The first-order chi connectivity index (χ1) is 15.5. The highest BCUT2D eigenvalue weighted by Gasteiger charge is 2.26. The highest BCUT2D eigenvalue weighted by Crippen LogP contribution is 2.28. The molecular weight excluding hydrogens is 412 g/mol. The number of nitrogens with one attached hydrogen (secondary N) is 1. The maximum Gasteiger partial charge on any atom is 0.265 e. The maximum absolute atomic E-state index is 12.8. The summed E-state index contributed by atoms with van der Waals surface area (Å²) in [6.45, 7) is 6.15. The third kappa shape index (κ3) is 4.39. The molecule has 10 heteroatoms. The Morgan fingerprint density at radius 2 is 1.56 bits per heavy atom. The fourth-order valence-corrected chi connectivity index (χ4v) is 4.14. The summed E-state index contributed by atoms with van der Waals surface area (Å²) < 4.78 is 5.46. The molecule has 170 valence electrons. The van der Waals surface area contributed by atoms with Gasteiger partial charge in [-0.25, -0.2) is 4.98 Å². The number of anilines is 2. The quantitative estimate of drug-likeness (QED) is 0.735. The van der Waals surface area contributed by atoms with Crippen molar-refractivity contribution in [2.75, 3.05) is 69.3 Å². The number of aromatic nitrogens is 2. The minimum Gasteiger partial charge on any atom is -0.495 e. The molecule has 0 saturated carbocycles. The number of amides is 2. The number of aromatic amines is 1. The second kappa shape index (κ2) is 9.29. The number of rotatable bonds is 4. The van der Waals surface area contributed by atoms with E-state index < -0.39 is 5.56 Å². The Morgan fingerprint density at radius 3 is 2.19 bits per heavy atom. The lowest BCUT2D eigenvalue weighted by Crippen LogP contribution is -2.51. The minimum atomic E-state index is -0.443. The molecule has 0 unspecified atom stereocenters. The summed E-state index contributed by atoms with van der Waals surface area (Å²) in [5, 5.41) is 0. The van der Waals surface area contributed by atoms with Crippen LogP contribution in [0.15, 0.2) is 35.3 Å². The maximum atomic E-state index is 12.8. The molecule has 1 aromatic heterocycles. The molecule has 2 aliphatic rings. The summed E-state index contributed by atoms with van der Waals surface area (Å²) in [4.78, 5) is 51.6. The van der Waals surface area contributed by atoms with E-state index in [0.29, 0.717) is 45.2 Å². The van der Waals surface area contributed by atoms with Gasteiger partial charge in [-0.15, -0.1) is 0 Å². The lowest BCUT2D eigenvalue weighted by Gasteiger charge is -2.37. The van der Waals surface area contributed by atoms with E-state index >= 15 is 0 Å². The van der Waals surface area contributed by atoms with Crippen LogP contribution in [0.3, 0.4) is 0 Å². The normalized spacial score (nSPS) is 16.8. The van der Waals surface area contributed by atoms with Gasteiger partial charge in [0.1, 0.15) is 11.3 Å². The summed E-state index contributed by atoms with van der Waals surface area (Å²) >= 11 is 0. The molecule has 2 fully saturated rings. The van der Waals surface area contributed by atoms with Crippen molar-refractivity contribution in [3.63, 3.8) is 0 Å². The standard InChI is InChI=1S/C22H28N6O4/c1-16(29)25-7-11-27(12-8-25)21(31)17-15-23-22(24-20(17)30)28-13-9-26(10-14-28)18-5-3-4-6-19(18)32-2/h3-6,15H,7-14H2,1-2H3,(H,23,24,30). The fraction of sp³-hybridized carbons (Fsp3) is 0.455. The first kappa shape index (κ1) is 21.7. The average molecular weight is 441 g/mol. The van der Waals surface area contributed by atoms with Crippen molar-refractivity contribution in [2.45, 2.75) is 6.92 Å². The molecule has 1 aromatic carbocycles. The van der Waals surface area contributed by atoms with Crippen LogP contribution < -0.4 is 20.1 Å². The van der Waals surface area contributed by atoms with E-state index in [2.05, 4.69) is 14.9 Å². The summed E-state index contributed by atoms with van der Waals surface area (Å²) in [5.74, 6) is 0.938. The molecule has 32 heavy (non-hydrogen) atoms. The summed E-state index contributed by atoms with van der Waals surface area (Å²) in [6, 6.07) is 7.90. The largest absolute Gasteiger partial charge is 0.495 e. The number of benzene rings is 1. The third-order valence-electron chi connectivity index (χ3n) is 6.03. The number of methoxy groups -OCH3 is 1. The Labute approximate surface area is 186 Å². The van der Waals surface area contributed by atoms with Crippen molar-refractivity contribution in [2.24, 2.45) is 0 Å². The zero-order valence-electron chi connectivity index (χ0n) is 18.4. The van der Waals surface area contributed by atoms with Crippen molar-refractivity contribution in [1.82, 2.24) is 19.8 Å². The summed E-state index contributed by atoms with van der Waals surface area (Å²) in [7, 11) is 1.66. The Balaban J connectivity index is 1.39. The van der Waals surface area contributed by atoms with Gasteiger partial charge in [0.25, 0.3) is 11.5 Å². The smallest absolute Gasteiger partial charge is 0.265 e. The fourth-order valence-electron chi connectivity index (χ4n) is 4.14. The topological polar surface area (TPSA) is 102 Å². The third-order valence-corrected chi connectivity index (χ3v) is 6.03. The lowest BCUT2D eigenvalue weighted by atomic mass is 10.2. The van der Waals surface area contributed by atoms with E-state index in [1.165, 1.54) is 13.1 Å². The molecule has 0 radical (unpaired) electrons. The van der Waals surface area contributed by atoms with Gasteiger partial charge >= 0.3 is 0 Å². The number of nitrogens with zero attached hydrogens (tertiary/aromatic N) is 5. The molecule has 2 amide bonds. The summed E-state index contributed by atoms with van der Waals surface area (Å²) in [6.07, 6.45) is 1.36. The first-order valence-electron chi connectivity index (χ1n) is 10.7. The van der Waals surface area contributed by atoms with Crippen LogP contribution in [0, 0.1) is 0 Å². The van der Waals surface area contributed by atoms with Gasteiger partial charge in [-0.3, -0.25) is 19.4 Å². The Morgan fingerprint density at radius 1 is 0.938 bits per heavy atom. The van der Waals surface area contributed by atoms with Crippen LogP contribution in [0.5, 0.6) is 5.75 Å². The molecule has 2 aromatic rings. The van der Waals surface area contributed by atoms with Crippen LogP contribution in [-0.2, 0) is 4.79 Å². The predicted octanol–water partition coefficient (Wildman–Crippen LogP) is 0.409. The number of piperazine rings is 2. The highest BCUT2D eigenvalue weighted by atomic mass is 16.5. The van der Waals surface area contributed by atoms with Gasteiger partial charge in [0.2, 0.25) is 11.9 Å². The van der Waals surface area contributed by atoms with E-state index in [9.17, 15) is 14.4 Å². The molecule has 4 rings (SSSR count). The Bertz CT molecular complexity index is 1040. The SMILES string of the molecule is COc1ccccc1N1CCN(c2ncc(C(=O)N3CCN(C(C)=O)CC3)c(=O)[nH]2)CC1. The second-order valence-electron chi connectivity index (χ2n) is 7.89. The van der Waals surface area contributed by atoms with E-state index in [4.69, 9.17) is 4.74 Å². The van der Waals surface area contributed by atoms with Crippen LogP contribution in [0.2, 0.25) is 0 Å².